The molecule has 7 heteroatoms. The zero-order valence-electron chi connectivity index (χ0n) is 16.5. The molecule has 0 aliphatic rings. The predicted molar refractivity (Wildman–Crippen MR) is 112 cm³/mol. The second kappa shape index (κ2) is 7.71. The van der Waals surface area contributed by atoms with Crippen LogP contribution in [0.2, 0.25) is 0 Å². The molecule has 29 heavy (non-hydrogen) atoms. The summed E-state index contributed by atoms with van der Waals surface area (Å²) in [5.41, 5.74) is 4.20. The molecular weight excluding hydrogens is 366 g/mol. The fraction of sp³-hybridized carbons (Fsp3) is 0.182. The van der Waals surface area contributed by atoms with Gasteiger partial charge in [-0.05, 0) is 50.2 Å². The molecule has 1 N–H and O–H groups in total. The van der Waals surface area contributed by atoms with Crippen molar-refractivity contribution in [3.8, 4) is 11.3 Å². The van der Waals surface area contributed by atoms with E-state index in [1.54, 1.807) is 36.7 Å². The maximum Gasteiger partial charge on any atom is 0.337 e. The van der Waals surface area contributed by atoms with Gasteiger partial charge in [0.15, 0.2) is 0 Å². The zero-order valence-corrected chi connectivity index (χ0v) is 16.5. The van der Waals surface area contributed by atoms with Gasteiger partial charge in [0, 0.05) is 41.3 Å². The van der Waals surface area contributed by atoms with Crippen LogP contribution in [0.1, 0.15) is 30.2 Å². The molecule has 0 amide bonds. The largest absolute Gasteiger partial charge is 0.465 e. The minimum Gasteiger partial charge on any atom is -0.465 e. The van der Waals surface area contributed by atoms with Crippen LogP contribution >= 0.6 is 0 Å². The molecule has 0 bridgehead atoms. The number of hydrogen-bond donors (Lipinski definition) is 1. The quantitative estimate of drug-likeness (QED) is 0.504. The van der Waals surface area contributed by atoms with Crippen LogP contribution in [0.15, 0.2) is 61.2 Å². The lowest BCUT2D eigenvalue weighted by Crippen LogP contribution is -2.02. The summed E-state index contributed by atoms with van der Waals surface area (Å²) < 4.78 is 6.92. The molecule has 7 nitrogen and oxygen atoms in total. The summed E-state index contributed by atoms with van der Waals surface area (Å²) in [6.45, 7) is 4.28. The van der Waals surface area contributed by atoms with Crippen molar-refractivity contribution in [3.05, 3.63) is 66.7 Å². The molecule has 0 unspecified atom stereocenters. The molecule has 1 aromatic carbocycles. The molecule has 4 aromatic rings. The number of pyridine rings is 1. The van der Waals surface area contributed by atoms with Crippen LogP contribution < -0.4 is 5.32 Å². The van der Waals surface area contributed by atoms with E-state index >= 15 is 0 Å². The second-order valence-electron chi connectivity index (χ2n) is 6.90. The number of benzene rings is 1. The molecule has 3 heterocycles. The molecule has 4 rings (SSSR count). The van der Waals surface area contributed by atoms with Crippen molar-refractivity contribution in [2.75, 3.05) is 12.4 Å². The number of nitrogens with one attached hydrogen (secondary N) is 1. The Morgan fingerprint density at radius 3 is 2.62 bits per heavy atom. The topological polar surface area (TPSA) is 81.9 Å². The van der Waals surface area contributed by atoms with Gasteiger partial charge in [-0.15, -0.1) is 0 Å². The van der Waals surface area contributed by atoms with Gasteiger partial charge in [-0.3, -0.25) is 4.98 Å². The molecule has 0 aliphatic heterocycles. The van der Waals surface area contributed by atoms with Gasteiger partial charge in [0.1, 0.15) is 0 Å². The number of carbonyl (C=O) groups excluding carboxylic acids is 1. The van der Waals surface area contributed by atoms with Crippen LogP contribution in [-0.2, 0) is 4.74 Å². The van der Waals surface area contributed by atoms with E-state index in [1.807, 2.05) is 18.3 Å². The van der Waals surface area contributed by atoms with Gasteiger partial charge >= 0.3 is 5.97 Å². The standard InChI is InChI=1S/C22H21N5O2/c1-14(2)27-13-18(17-8-10-23-12-20(17)27)19-9-11-24-22(26-19)25-16-6-4-15(5-7-16)21(28)29-3/h4-14H,1-3H3,(H,24,25,26). The highest BCUT2D eigenvalue weighted by Gasteiger charge is 2.14. The van der Waals surface area contributed by atoms with Crippen LogP contribution in [0.25, 0.3) is 22.2 Å². The fourth-order valence-electron chi connectivity index (χ4n) is 3.23. The van der Waals surface area contributed by atoms with Crippen molar-refractivity contribution < 1.29 is 9.53 Å². The molecule has 0 aliphatic carbocycles. The lowest BCUT2D eigenvalue weighted by Gasteiger charge is -2.08. The highest BCUT2D eigenvalue weighted by atomic mass is 16.5. The molecule has 0 spiro atoms. The zero-order chi connectivity index (χ0) is 20.4. The van der Waals surface area contributed by atoms with E-state index in [9.17, 15) is 4.79 Å². The molecule has 0 saturated heterocycles. The Labute approximate surface area is 168 Å². The first kappa shape index (κ1) is 18.6. The third kappa shape index (κ3) is 3.67. The lowest BCUT2D eigenvalue weighted by molar-refractivity contribution is 0.0601. The van der Waals surface area contributed by atoms with Crippen LogP contribution in [-0.4, -0.2) is 32.6 Å². The number of nitrogens with zero attached hydrogens (tertiary/aromatic N) is 4. The Morgan fingerprint density at radius 2 is 1.90 bits per heavy atom. The monoisotopic (exact) mass is 387 g/mol. The van der Waals surface area contributed by atoms with E-state index in [1.165, 1.54) is 7.11 Å². The fourth-order valence-corrected chi connectivity index (χ4v) is 3.23. The summed E-state index contributed by atoms with van der Waals surface area (Å²) in [4.78, 5) is 24.8. The van der Waals surface area contributed by atoms with E-state index in [-0.39, 0.29) is 5.97 Å². The summed E-state index contributed by atoms with van der Waals surface area (Å²) in [6, 6.07) is 11.2. The van der Waals surface area contributed by atoms with Gasteiger partial charge in [0.25, 0.3) is 0 Å². The summed E-state index contributed by atoms with van der Waals surface area (Å²) in [5.74, 6) is 0.110. The smallest absolute Gasteiger partial charge is 0.337 e. The third-order valence-corrected chi connectivity index (χ3v) is 4.69. The van der Waals surface area contributed by atoms with Crippen LogP contribution in [0.5, 0.6) is 0 Å². The van der Waals surface area contributed by atoms with Gasteiger partial charge < -0.3 is 14.6 Å². The number of anilines is 2. The van der Waals surface area contributed by atoms with Crippen LogP contribution in [0, 0.1) is 0 Å². The van der Waals surface area contributed by atoms with Crippen molar-refractivity contribution in [3.63, 3.8) is 0 Å². The third-order valence-electron chi connectivity index (χ3n) is 4.69. The first-order chi connectivity index (χ1) is 14.1. The Morgan fingerprint density at radius 1 is 1.10 bits per heavy atom. The van der Waals surface area contributed by atoms with E-state index in [4.69, 9.17) is 4.74 Å². The number of esters is 1. The normalized spacial score (nSPS) is 11.0. The Hall–Kier alpha value is -3.74. The highest BCUT2D eigenvalue weighted by molar-refractivity contribution is 5.95. The maximum atomic E-state index is 11.6. The predicted octanol–water partition coefficient (Wildman–Crippen LogP) is 4.60. The minimum absolute atomic E-state index is 0.309. The average Bonchev–Trinajstić information content (AvgIpc) is 3.14. The molecule has 0 fully saturated rings. The van der Waals surface area contributed by atoms with Gasteiger partial charge in [-0.2, -0.15) is 0 Å². The van der Waals surface area contributed by atoms with Crippen molar-refractivity contribution in [1.29, 1.82) is 0 Å². The Kier molecular flexibility index (Phi) is 4.95. The summed E-state index contributed by atoms with van der Waals surface area (Å²) in [7, 11) is 1.36. The van der Waals surface area contributed by atoms with Crippen molar-refractivity contribution in [2.24, 2.45) is 0 Å². The van der Waals surface area contributed by atoms with E-state index in [0.29, 0.717) is 17.6 Å². The number of aromatic nitrogens is 4. The minimum atomic E-state index is -0.370. The van der Waals surface area contributed by atoms with Crippen molar-refractivity contribution >= 4 is 28.5 Å². The molecule has 0 radical (unpaired) electrons. The first-order valence-electron chi connectivity index (χ1n) is 9.30. The number of hydrogen-bond acceptors (Lipinski definition) is 6. The maximum absolute atomic E-state index is 11.6. The molecule has 3 aromatic heterocycles. The van der Waals surface area contributed by atoms with Gasteiger partial charge in [-0.1, -0.05) is 0 Å². The number of methoxy groups -OCH3 is 1. The molecular formula is C22H21N5O2. The summed E-state index contributed by atoms with van der Waals surface area (Å²) >= 11 is 0. The molecule has 146 valence electrons. The molecule has 0 saturated carbocycles. The SMILES string of the molecule is COC(=O)c1ccc(Nc2nccc(-c3cn(C(C)C)c4cnccc34)n2)cc1. The highest BCUT2D eigenvalue weighted by Crippen LogP contribution is 2.31. The van der Waals surface area contributed by atoms with Gasteiger partial charge in [-0.25, -0.2) is 14.8 Å². The Bertz CT molecular complexity index is 1170. The average molecular weight is 387 g/mol. The number of carbonyl (C=O) groups is 1. The van der Waals surface area contributed by atoms with Gasteiger partial charge in [0.2, 0.25) is 5.95 Å². The summed E-state index contributed by atoms with van der Waals surface area (Å²) in [5, 5.41) is 4.28. The van der Waals surface area contributed by atoms with Crippen LogP contribution in [0.3, 0.4) is 0 Å². The summed E-state index contributed by atoms with van der Waals surface area (Å²) in [6.07, 6.45) is 7.50. The number of fused-ring (bicyclic) bond motifs is 1. The second-order valence-corrected chi connectivity index (χ2v) is 6.90. The van der Waals surface area contributed by atoms with Crippen molar-refractivity contribution in [1.82, 2.24) is 19.5 Å². The van der Waals surface area contributed by atoms with Crippen LogP contribution in [0.4, 0.5) is 11.6 Å². The van der Waals surface area contributed by atoms with Gasteiger partial charge in [0.05, 0.1) is 30.1 Å². The lowest BCUT2D eigenvalue weighted by atomic mass is 10.1. The number of rotatable bonds is 5. The molecule has 0 atom stereocenters. The first-order valence-corrected chi connectivity index (χ1v) is 9.30. The Balaban J connectivity index is 1.66. The van der Waals surface area contributed by atoms with E-state index in [0.717, 1.165) is 27.8 Å². The van der Waals surface area contributed by atoms with E-state index < -0.39 is 0 Å². The van der Waals surface area contributed by atoms with E-state index in [2.05, 4.69) is 44.9 Å². The number of ether oxygens (including phenoxy) is 1. The van der Waals surface area contributed by atoms with Crippen molar-refractivity contribution in [2.45, 2.75) is 19.9 Å².